The SMILES string of the molecule is CS(=O)(=O)N(Cc1ccc(Cl)cc1)c1ccc(OCC(=O)N2CCN(c3ccc(F)cc3)CC2)cc1. The van der Waals surface area contributed by atoms with E-state index < -0.39 is 10.0 Å². The van der Waals surface area contributed by atoms with Gasteiger partial charge in [-0.25, -0.2) is 12.8 Å². The van der Waals surface area contributed by atoms with Gasteiger partial charge in [0.25, 0.3) is 5.91 Å². The van der Waals surface area contributed by atoms with Crippen LogP contribution in [0.2, 0.25) is 5.02 Å². The van der Waals surface area contributed by atoms with Crippen molar-refractivity contribution in [1.82, 2.24) is 4.90 Å². The van der Waals surface area contributed by atoms with E-state index in [1.807, 2.05) is 0 Å². The molecule has 0 bridgehead atoms. The van der Waals surface area contributed by atoms with E-state index in [0.717, 1.165) is 17.5 Å². The second-order valence-corrected chi connectivity index (χ2v) is 10.9. The van der Waals surface area contributed by atoms with E-state index in [1.165, 1.54) is 16.4 Å². The molecule has 0 atom stereocenters. The van der Waals surface area contributed by atoms with Gasteiger partial charge in [-0.1, -0.05) is 23.7 Å². The summed E-state index contributed by atoms with van der Waals surface area (Å²) in [4.78, 5) is 16.5. The van der Waals surface area contributed by atoms with E-state index >= 15 is 0 Å². The van der Waals surface area contributed by atoms with Gasteiger partial charge in [-0.15, -0.1) is 0 Å². The maximum atomic E-state index is 13.1. The molecule has 1 amide bonds. The molecule has 0 saturated carbocycles. The fraction of sp³-hybridized carbons (Fsp3) is 0.269. The normalized spacial score (nSPS) is 14.0. The molecule has 0 radical (unpaired) electrons. The Balaban J connectivity index is 1.31. The van der Waals surface area contributed by atoms with Crippen molar-refractivity contribution in [3.8, 4) is 5.75 Å². The monoisotopic (exact) mass is 531 g/mol. The van der Waals surface area contributed by atoms with Gasteiger partial charge >= 0.3 is 0 Å². The third kappa shape index (κ3) is 6.67. The summed E-state index contributed by atoms with van der Waals surface area (Å²) in [6.07, 6.45) is 1.15. The third-order valence-corrected chi connectivity index (χ3v) is 7.34. The van der Waals surface area contributed by atoms with Crippen molar-refractivity contribution in [1.29, 1.82) is 0 Å². The minimum Gasteiger partial charge on any atom is -0.484 e. The number of halogens is 2. The molecule has 190 valence electrons. The van der Waals surface area contributed by atoms with Gasteiger partial charge in [0.1, 0.15) is 11.6 Å². The van der Waals surface area contributed by atoms with Gasteiger partial charge in [0, 0.05) is 36.9 Å². The predicted octanol–water partition coefficient (Wildman–Crippen LogP) is 4.17. The van der Waals surface area contributed by atoms with Crippen LogP contribution in [0.15, 0.2) is 72.8 Å². The molecule has 0 aliphatic carbocycles. The number of nitrogens with zero attached hydrogens (tertiary/aromatic N) is 3. The Morgan fingerprint density at radius 2 is 1.56 bits per heavy atom. The lowest BCUT2D eigenvalue weighted by atomic mass is 10.2. The molecule has 3 aromatic rings. The number of carbonyl (C=O) groups is 1. The lowest BCUT2D eigenvalue weighted by Gasteiger charge is -2.36. The smallest absolute Gasteiger partial charge is 0.260 e. The molecule has 1 saturated heterocycles. The predicted molar refractivity (Wildman–Crippen MR) is 140 cm³/mol. The fourth-order valence-electron chi connectivity index (χ4n) is 3.97. The molecule has 0 spiro atoms. The Morgan fingerprint density at radius 1 is 0.944 bits per heavy atom. The summed E-state index contributed by atoms with van der Waals surface area (Å²) in [5, 5.41) is 0.579. The zero-order chi connectivity index (χ0) is 25.7. The van der Waals surface area contributed by atoms with Crippen LogP contribution in [0.25, 0.3) is 0 Å². The third-order valence-electron chi connectivity index (χ3n) is 5.95. The Bertz CT molecular complexity index is 1280. The van der Waals surface area contributed by atoms with Crippen molar-refractivity contribution < 1.29 is 22.3 Å². The van der Waals surface area contributed by atoms with Crippen LogP contribution in [-0.2, 0) is 21.4 Å². The molecule has 7 nitrogen and oxygen atoms in total. The number of sulfonamides is 1. The number of anilines is 2. The number of ether oxygens (including phenoxy) is 1. The topological polar surface area (TPSA) is 70.2 Å². The van der Waals surface area contributed by atoms with Crippen molar-refractivity contribution in [2.75, 3.05) is 48.2 Å². The molecule has 0 N–H and O–H groups in total. The quantitative estimate of drug-likeness (QED) is 0.436. The van der Waals surface area contributed by atoms with Crippen molar-refractivity contribution in [2.24, 2.45) is 0 Å². The minimum atomic E-state index is -3.53. The van der Waals surface area contributed by atoms with E-state index in [-0.39, 0.29) is 24.9 Å². The summed E-state index contributed by atoms with van der Waals surface area (Å²) in [7, 11) is -3.53. The van der Waals surface area contributed by atoms with Gasteiger partial charge in [0.2, 0.25) is 10.0 Å². The van der Waals surface area contributed by atoms with Gasteiger partial charge in [-0.2, -0.15) is 0 Å². The molecule has 1 fully saturated rings. The summed E-state index contributed by atoms with van der Waals surface area (Å²) >= 11 is 5.92. The Morgan fingerprint density at radius 3 is 2.14 bits per heavy atom. The summed E-state index contributed by atoms with van der Waals surface area (Å²) in [6.45, 7) is 2.45. The first kappa shape index (κ1) is 25.8. The maximum absolute atomic E-state index is 13.1. The molecule has 0 aromatic heterocycles. The van der Waals surface area contributed by atoms with Crippen LogP contribution in [0.3, 0.4) is 0 Å². The standard InChI is InChI=1S/C26H27ClFN3O4S/c1-36(33,34)31(18-20-2-4-21(27)5-3-20)24-10-12-25(13-11-24)35-19-26(32)30-16-14-29(15-17-30)23-8-6-22(28)7-9-23/h2-13H,14-19H2,1H3. The van der Waals surface area contributed by atoms with Crippen LogP contribution < -0.4 is 13.9 Å². The van der Waals surface area contributed by atoms with E-state index in [2.05, 4.69) is 4.90 Å². The molecule has 1 heterocycles. The van der Waals surface area contributed by atoms with Crippen molar-refractivity contribution >= 4 is 38.9 Å². The molecule has 10 heteroatoms. The Labute approximate surface area is 215 Å². The largest absolute Gasteiger partial charge is 0.484 e. The highest BCUT2D eigenvalue weighted by Gasteiger charge is 2.22. The van der Waals surface area contributed by atoms with Gasteiger partial charge in [0.05, 0.1) is 18.5 Å². The van der Waals surface area contributed by atoms with Gasteiger partial charge in [0.15, 0.2) is 6.61 Å². The van der Waals surface area contributed by atoms with E-state index in [1.54, 1.807) is 65.6 Å². The second-order valence-electron chi connectivity index (χ2n) is 8.52. The molecule has 1 aliphatic rings. The van der Waals surface area contributed by atoms with Crippen LogP contribution in [0.5, 0.6) is 5.75 Å². The lowest BCUT2D eigenvalue weighted by molar-refractivity contribution is -0.133. The van der Waals surface area contributed by atoms with Crippen LogP contribution >= 0.6 is 11.6 Å². The van der Waals surface area contributed by atoms with E-state index in [9.17, 15) is 17.6 Å². The number of benzene rings is 3. The van der Waals surface area contributed by atoms with Gasteiger partial charge < -0.3 is 14.5 Å². The zero-order valence-corrected chi connectivity index (χ0v) is 21.4. The van der Waals surface area contributed by atoms with E-state index in [0.29, 0.717) is 42.6 Å². The minimum absolute atomic E-state index is 0.115. The fourth-order valence-corrected chi connectivity index (χ4v) is 4.98. The number of hydrogen-bond donors (Lipinski definition) is 0. The average Bonchev–Trinajstić information content (AvgIpc) is 2.87. The van der Waals surface area contributed by atoms with Crippen molar-refractivity contribution in [3.05, 3.63) is 89.2 Å². The number of hydrogen-bond acceptors (Lipinski definition) is 5. The number of rotatable bonds is 8. The molecule has 36 heavy (non-hydrogen) atoms. The first-order valence-electron chi connectivity index (χ1n) is 11.4. The van der Waals surface area contributed by atoms with Crippen molar-refractivity contribution in [2.45, 2.75) is 6.54 Å². The van der Waals surface area contributed by atoms with Crippen LogP contribution in [-0.4, -0.2) is 58.3 Å². The number of amides is 1. The highest BCUT2D eigenvalue weighted by molar-refractivity contribution is 7.92. The summed E-state index contributed by atoms with van der Waals surface area (Å²) < 4.78 is 44.9. The number of carbonyl (C=O) groups excluding carboxylic acids is 1. The van der Waals surface area contributed by atoms with Crippen LogP contribution in [0.4, 0.5) is 15.8 Å². The molecule has 1 aliphatic heterocycles. The lowest BCUT2D eigenvalue weighted by Crippen LogP contribution is -2.50. The molecule has 4 rings (SSSR count). The maximum Gasteiger partial charge on any atom is 0.260 e. The van der Waals surface area contributed by atoms with Crippen LogP contribution in [0.1, 0.15) is 5.56 Å². The summed E-state index contributed by atoms with van der Waals surface area (Å²) in [6, 6.07) is 19.9. The Hall–Kier alpha value is -3.30. The van der Waals surface area contributed by atoms with Gasteiger partial charge in [-0.3, -0.25) is 9.10 Å². The molecular weight excluding hydrogens is 505 g/mol. The Kier molecular flexibility index (Phi) is 8.01. The zero-order valence-electron chi connectivity index (χ0n) is 19.8. The average molecular weight is 532 g/mol. The second kappa shape index (κ2) is 11.2. The highest BCUT2D eigenvalue weighted by atomic mass is 35.5. The van der Waals surface area contributed by atoms with E-state index in [4.69, 9.17) is 16.3 Å². The summed E-state index contributed by atoms with van der Waals surface area (Å²) in [5.74, 6) is 0.0682. The highest BCUT2D eigenvalue weighted by Crippen LogP contribution is 2.24. The van der Waals surface area contributed by atoms with Crippen LogP contribution in [0, 0.1) is 5.82 Å². The number of piperazine rings is 1. The van der Waals surface area contributed by atoms with Gasteiger partial charge in [-0.05, 0) is 66.2 Å². The summed E-state index contributed by atoms with van der Waals surface area (Å²) in [5.41, 5.74) is 2.22. The first-order chi connectivity index (χ1) is 17.2. The van der Waals surface area contributed by atoms with Crippen molar-refractivity contribution in [3.63, 3.8) is 0 Å². The first-order valence-corrected chi connectivity index (χ1v) is 13.6. The molecule has 0 unspecified atom stereocenters. The molecule has 3 aromatic carbocycles. The molecular formula is C26H27ClFN3O4S.